The predicted octanol–water partition coefficient (Wildman–Crippen LogP) is 2.44. The maximum atomic E-state index is 13.9. The van der Waals surface area contributed by atoms with Crippen LogP contribution in [0.5, 0.6) is 0 Å². The summed E-state index contributed by atoms with van der Waals surface area (Å²) >= 11 is 5.96. The van der Waals surface area contributed by atoms with Crippen LogP contribution >= 0.6 is 11.6 Å². The van der Waals surface area contributed by atoms with E-state index < -0.39 is 29.9 Å². The normalized spacial score (nSPS) is 10.9. The van der Waals surface area contributed by atoms with E-state index in [9.17, 15) is 18.8 Å². The van der Waals surface area contributed by atoms with Gasteiger partial charge in [-0.05, 0) is 19.1 Å². The molecule has 2 heterocycles. The van der Waals surface area contributed by atoms with Gasteiger partial charge < -0.3 is 18.6 Å². The fourth-order valence-corrected chi connectivity index (χ4v) is 2.97. The molecular weight excluding hydrogens is 405 g/mol. The first-order chi connectivity index (χ1) is 13.7. The molecular formula is C19H17ClFN3O5. The average Bonchev–Trinajstić information content (AvgIpc) is 3.02. The molecule has 1 amide bonds. The lowest BCUT2D eigenvalue weighted by atomic mass is 10.2. The Morgan fingerprint density at radius 2 is 2.10 bits per heavy atom. The third-order valence-corrected chi connectivity index (χ3v) is 4.72. The van der Waals surface area contributed by atoms with Gasteiger partial charge in [-0.3, -0.25) is 9.59 Å². The first-order valence-corrected chi connectivity index (χ1v) is 8.87. The number of benzene rings is 1. The number of furan rings is 1. The number of likely N-dealkylation sites (N-methyl/N-ethyl adjacent to an activating group) is 1. The number of halogens is 2. The van der Waals surface area contributed by atoms with Crippen LogP contribution in [-0.2, 0) is 23.1 Å². The SMILES string of the molecule is Cc1oc2ncn(C)c(=O)c2c1C(=O)OCC(=O)N(C)Cc1c(F)cccc1Cl. The highest BCUT2D eigenvalue weighted by Gasteiger charge is 2.25. The minimum atomic E-state index is -0.892. The monoisotopic (exact) mass is 421 g/mol. The van der Waals surface area contributed by atoms with E-state index in [1.54, 1.807) is 0 Å². The quantitative estimate of drug-likeness (QED) is 0.587. The number of ether oxygens (including phenoxy) is 1. The van der Waals surface area contributed by atoms with Crippen molar-refractivity contribution in [3.05, 3.63) is 62.6 Å². The fourth-order valence-electron chi connectivity index (χ4n) is 2.75. The van der Waals surface area contributed by atoms with E-state index in [2.05, 4.69) is 4.98 Å². The first kappa shape index (κ1) is 20.5. The van der Waals surface area contributed by atoms with Crippen molar-refractivity contribution in [1.82, 2.24) is 14.5 Å². The minimum Gasteiger partial charge on any atom is -0.452 e. The van der Waals surface area contributed by atoms with Crippen LogP contribution in [0, 0.1) is 12.7 Å². The molecule has 3 rings (SSSR count). The third kappa shape index (κ3) is 4.00. The lowest BCUT2D eigenvalue weighted by Gasteiger charge is -2.18. The Kier molecular flexibility index (Phi) is 5.69. The summed E-state index contributed by atoms with van der Waals surface area (Å²) in [6.07, 6.45) is 1.27. The summed E-state index contributed by atoms with van der Waals surface area (Å²) in [6, 6.07) is 4.21. The lowest BCUT2D eigenvalue weighted by molar-refractivity contribution is -0.133. The zero-order valence-electron chi connectivity index (χ0n) is 15.9. The molecule has 3 aromatic rings. The number of hydrogen-bond acceptors (Lipinski definition) is 6. The minimum absolute atomic E-state index is 0.00943. The number of amides is 1. The maximum Gasteiger partial charge on any atom is 0.343 e. The van der Waals surface area contributed by atoms with Crippen molar-refractivity contribution in [2.45, 2.75) is 13.5 Å². The van der Waals surface area contributed by atoms with E-state index in [1.807, 2.05) is 0 Å². The molecule has 2 aromatic heterocycles. The van der Waals surface area contributed by atoms with Crippen molar-refractivity contribution < 1.29 is 23.1 Å². The summed E-state index contributed by atoms with van der Waals surface area (Å²) in [4.78, 5) is 42.2. The van der Waals surface area contributed by atoms with Crippen LogP contribution in [0.15, 0.2) is 33.7 Å². The van der Waals surface area contributed by atoms with E-state index >= 15 is 0 Å². The molecule has 29 heavy (non-hydrogen) atoms. The highest BCUT2D eigenvalue weighted by molar-refractivity contribution is 6.31. The van der Waals surface area contributed by atoms with Gasteiger partial charge in [0.1, 0.15) is 28.9 Å². The highest BCUT2D eigenvalue weighted by Crippen LogP contribution is 2.22. The second-order valence-corrected chi connectivity index (χ2v) is 6.81. The van der Waals surface area contributed by atoms with E-state index in [0.717, 1.165) is 0 Å². The second-order valence-electron chi connectivity index (χ2n) is 6.40. The molecule has 0 aliphatic rings. The maximum absolute atomic E-state index is 13.9. The van der Waals surface area contributed by atoms with Crippen LogP contribution in [0.1, 0.15) is 21.7 Å². The van der Waals surface area contributed by atoms with Gasteiger partial charge in [-0.15, -0.1) is 0 Å². The first-order valence-electron chi connectivity index (χ1n) is 8.49. The van der Waals surface area contributed by atoms with Gasteiger partial charge >= 0.3 is 5.97 Å². The molecule has 0 saturated heterocycles. The second kappa shape index (κ2) is 8.04. The number of carbonyl (C=O) groups is 2. The van der Waals surface area contributed by atoms with Crippen LogP contribution in [0.3, 0.4) is 0 Å². The molecule has 0 fully saturated rings. The van der Waals surface area contributed by atoms with Gasteiger partial charge in [-0.1, -0.05) is 17.7 Å². The van der Waals surface area contributed by atoms with E-state index in [0.29, 0.717) is 0 Å². The Morgan fingerprint density at radius 3 is 2.79 bits per heavy atom. The molecule has 0 saturated carbocycles. The third-order valence-electron chi connectivity index (χ3n) is 4.36. The summed E-state index contributed by atoms with van der Waals surface area (Å²) in [5.41, 5.74) is -0.393. The zero-order chi connectivity index (χ0) is 21.3. The summed E-state index contributed by atoms with van der Waals surface area (Å²) in [5.74, 6) is -1.86. The standard InChI is InChI=1S/C19H17ClFN3O5/c1-10-15(16-17(29-10)22-9-24(3)18(16)26)19(27)28-8-14(25)23(2)7-11-12(20)5-4-6-13(11)21/h4-6,9H,7-8H2,1-3H3. The van der Waals surface area contributed by atoms with Gasteiger partial charge in [0.15, 0.2) is 6.61 Å². The predicted molar refractivity (Wildman–Crippen MR) is 102 cm³/mol. The molecule has 0 bridgehead atoms. The molecule has 10 heteroatoms. The Labute approximate surface area is 169 Å². The summed E-state index contributed by atoms with van der Waals surface area (Å²) in [7, 11) is 2.91. The molecule has 1 aromatic carbocycles. The molecule has 0 N–H and O–H groups in total. The highest BCUT2D eigenvalue weighted by atomic mass is 35.5. The van der Waals surface area contributed by atoms with Gasteiger partial charge in [-0.25, -0.2) is 14.2 Å². The van der Waals surface area contributed by atoms with Gasteiger partial charge in [0, 0.05) is 31.2 Å². The smallest absolute Gasteiger partial charge is 0.343 e. The number of aryl methyl sites for hydroxylation is 2. The molecule has 0 spiro atoms. The number of nitrogens with zero attached hydrogens (tertiary/aromatic N) is 3. The number of aromatic nitrogens is 2. The lowest BCUT2D eigenvalue weighted by Crippen LogP contribution is -2.31. The van der Waals surface area contributed by atoms with Crippen LogP contribution < -0.4 is 5.56 Å². The van der Waals surface area contributed by atoms with Gasteiger partial charge in [0.05, 0.1) is 0 Å². The largest absolute Gasteiger partial charge is 0.452 e. The van der Waals surface area contributed by atoms with Crippen LogP contribution in [0.25, 0.3) is 11.1 Å². The Balaban J connectivity index is 1.73. The Hall–Kier alpha value is -3.20. The van der Waals surface area contributed by atoms with Crippen LogP contribution in [0.2, 0.25) is 5.02 Å². The number of fused-ring (bicyclic) bond motifs is 1. The summed E-state index contributed by atoms with van der Waals surface area (Å²) in [6.45, 7) is 0.792. The van der Waals surface area contributed by atoms with Crippen LogP contribution in [0.4, 0.5) is 4.39 Å². The Bertz CT molecular complexity index is 1150. The summed E-state index contributed by atoms with van der Waals surface area (Å²) in [5, 5.41) is 0.168. The van der Waals surface area contributed by atoms with Crippen molar-refractivity contribution >= 4 is 34.6 Å². The number of rotatable bonds is 5. The van der Waals surface area contributed by atoms with Crippen LogP contribution in [-0.4, -0.2) is 40.0 Å². The van der Waals surface area contributed by atoms with E-state index in [4.69, 9.17) is 20.8 Å². The topological polar surface area (TPSA) is 94.6 Å². The molecule has 0 aliphatic heterocycles. The van der Waals surface area contributed by atoms with Crippen molar-refractivity contribution in [3.63, 3.8) is 0 Å². The van der Waals surface area contributed by atoms with Crippen molar-refractivity contribution in [2.24, 2.45) is 7.05 Å². The van der Waals surface area contributed by atoms with Crippen molar-refractivity contribution in [1.29, 1.82) is 0 Å². The molecule has 0 atom stereocenters. The van der Waals surface area contributed by atoms with Crippen molar-refractivity contribution in [2.75, 3.05) is 13.7 Å². The number of carbonyl (C=O) groups excluding carboxylic acids is 2. The van der Waals surface area contributed by atoms with Crippen molar-refractivity contribution in [3.8, 4) is 0 Å². The summed E-state index contributed by atoms with van der Waals surface area (Å²) < 4.78 is 25.5. The van der Waals surface area contributed by atoms with E-state index in [1.165, 1.54) is 55.0 Å². The average molecular weight is 422 g/mol. The molecule has 0 aliphatic carbocycles. The molecule has 8 nitrogen and oxygen atoms in total. The molecule has 152 valence electrons. The Morgan fingerprint density at radius 1 is 1.38 bits per heavy atom. The van der Waals surface area contributed by atoms with Gasteiger partial charge in [0.25, 0.3) is 11.5 Å². The molecule has 0 unspecified atom stereocenters. The fraction of sp³-hybridized carbons (Fsp3) is 0.263. The zero-order valence-corrected chi connectivity index (χ0v) is 16.6. The van der Waals surface area contributed by atoms with Gasteiger partial charge in [0.2, 0.25) is 5.71 Å². The number of hydrogen-bond donors (Lipinski definition) is 0. The number of esters is 1. The van der Waals surface area contributed by atoms with E-state index in [-0.39, 0.29) is 39.6 Å². The molecule has 0 radical (unpaired) electrons. The van der Waals surface area contributed by atoms with Gasteiger partial charge in [-0.2, -0.15) is 0 Å².